The number of nitrogens with two attached hydrogens (primary N) is 1. The number of hydrogen-bond acceptors (Lipinski definition) is 4. The molecular formula is C14H24N6O2. The molecule has 0 spiro atoms. The lowest BCUT2D eigenvalue weighted by molar-refractivity contribution is -0.118. The van der Waals surface area contributed by atoms with Crippen LogP contribution in [0.15, 0.2) is 12.4 Å². The van der Waals surface area contributed by atoms with E-state index in [-0.39, 0.29) is 12.6 Å². The zero-order valence-corrected chi connectivity index (χ0v) is 12.9. The van der Waals surface area contributed by atoms with E-state index >= 15 is 0 Å². The second kappa shape index (κ2) is 7.79. The summed E-state index contributed by atoms with van der Waals surface area (Å²) in [6.07, 6.45) is 5.60. The summed E-state index contributed by atoms with van der Waals surface area (Å²) in [5, 5.41) is 9.47. The molecule has 1 aromatic heterocycles. The maximum absolute atomic E-state index is 11.8. The highest BCUT2D eigenvalue weighted by molar-refractivity contribution is 5.88. The van der Waals surface area contributed by atoms with Crippen LogP contribution >= 0.6 is 0 Å². The van der Waals surface area contributed by atoms with Crippen molar-refractivity contribution in [2.24, 2.45) is 11.7 Å². The van der Waals surface area contributed by atoms with Gasteiger partial charge in [0.1, 0.15) is 6.54 Å². The highest BCUT2D eigenvalue weighted by atomic mass is 16.2. The molecule has 2 heterocycles. The number of rotatable bonds is 7. The Bertz CT molecular complexity index is 509. The Hall–Kier alpha value is -2.09. The van der Waals surface area contributed by atoms with E-state index in [0.717, 1.165) is 19.6 Å². The van der Waals surface area contributed by atoms with E-state index in [1.165, 1.54) is 23.7 Å². The Morgan fingerprint density at radius 2 is 2.14 bits per heavy atom. The Labute approximate surface area is 130 Å². The fourth-order valence-corrected chi connectivity index (χ4v) is 2.59. The number of aromatic nitrogens is 2. The summed E-state index contributed by atoms with van der Waals surface area (Å²) >= 11 is 0. The van der Waals surface area contributed by atoms with Gasteiger partial charge in [-0.05, 0) is 31.8 Å². The van der Waals surface area contributed by atoms with Crippen LogP contribution in [-0.4, -0.2) is 52.8 Å². The molecule has 8 heteroatoms. The molecule has 1 aliphatic rings. The lowest BCUT2D eigenvalue weighted by Gasteiger charge is -2.20. The van der Waals surface area contributed by atoms with Gasteiger partial charge in [-0.1, -0.05) is 6.92 Å². The van der Waals surface area contributed by atoms with Crippen LogP contribution in [0, 0.1) is 5.92 Å². The first-order valence-electron chi connectivity index (χ1n) is 7.61. The lowest BCUT2D eigenvalue weighted by Crippen LogP contribution is -2.36. The van der Waals surface area contributed by atoms with E-state index in [2.05, 4.69) is 27.6 Å². The standard InChI is InChI=1S/C14H24N6O2/c1-11(8-19-4-2-3-5-19)6-16-14(22)18-12-7-17-20(9-12)10-13(15)21/h7,9,11H,2-6,8,10H2,1H3,(H2,15,21)(H2,16,18,22)/t11-/m0/s1. The molecule has 0 saturated carbocycles. The lowest BCUT2D eigenvalue weighted by atomic mass is 10.1. The van der Waals surface area contributed by atoms with Gasteiger partial charge >= 0.3 is 6.03 Å². The third kappa shape index (κ3) is 5.36. The van der Waals surface area contributed by atoms with Gasteiger partial charge in [-0.25, -0.2) is 4.79 Å². The van der Waals surface area contributed by atoms with Gasteiger partial charge in [0.25, 0.3) is 0 Å². The molecule has 1 fully saturated rings. The van der Waals surface area contributed by atoms with Crippen molar-refractivity contribution in [3.63, 3.8) is 0 Å². The SMILES string of the molecule is C[C@@H](CNC(=O)Nc1cnn(CC(N)=O)c1)CN1CCCC1. The highest BCUT2D eigenvalue weighted by Gasteiger charge is 2.15. The third-order valence-electron chi connectivity index (χ3n) is 3.59. The number of amides is 3. The molecule has 0 bridgehead atoms. The fourth-order valence-electron chi connectivity index (χ4n) is 2.59. The first kappa shape index (κ1) is 16.3. The summed E-state index contributed by atoms with van der Waals surface area (Å²) in [6, 6.07) is -0.271. The molecule has 22 heavy (non-hydrogen) atoms. The topological polar surface area (TPSA) is 105 Å². The minimum atomic E-state index is -0.477. The Morgan fingerprint density at radius 3 is 2.82 bits per heavy atom. The molecule has 122 valence electrons. The third-order valence-corrected chi connectivity index (χ3v) is 3.59. The van der Waals surface area contributed by atoms with Gasteiger partial charge in [0, 0.05) is 19.3 Å². The monoisotopic (exact) mass is 308 g/mol. The van der Waals surface area contributed by atoms with Gasteiger partial charge in [-0.15, -0.1) is 0 Å². The van der Waals surface area contributed by atoms with Crippen LogP contribution < -0.4 is 16.4 Å². The summed E-state index contributed by atoms with van der Waals surface area (Å²) in [4.78, 5) is 25.0. The van der Waals surface area contributed by atoms with Crippen molar-refractivity contribution in [1.82, 2.24) is 20.0 Å². The number of carbonyl (C=O) groups is 2. The van der Waals surface area contributed by atoms with Crippen molar-refractivity contribution in [3.05, 3.63) is 12.4 Å². The average Bonchev–Trinajstić information content (AvgIpc) is 3.08. The van der Waals surface area contributed by atoms with Gasteiger partial charge in [0.05, 0.1) is 11.9 Å². The molecule has 0 aliphatic carbocycles. The molecular weight excluding hydrogens is 284 g/mol. The molecule has 1 saturated heterocycles. The van der Waals surface area contributed by atoms with Gasteiger partial charge in [-0.3, -0.25) is 9.48 Å². The maximum Gasteiger partial charge on any atom is 0.319 e. The summed E-state index contributed by atoms with van der Waals surface area (Å²) in [7, 11) is 0. The number of hydrogen-bond donors (Lipinski definition) is 3. The van der Waals surface area contributed by atoms with Gasteiger partial charge in [0.15, 0.2) is 0 Å². The van der Waals surface area contributed by atoms with Crippen molar-refractivity contribution < 1.29 is 9.59 Å². The van der Waals surface area contributed by atoms with Gasteiger partial charge < -0.3 is 21.3 Å². The van der Waals surface area contributed by atoms with Crippen molar-refractivity contribution in [2.45, 2.75) is 26.3 Å². The number of urea groups is 1. The van der Waals surface area contributed by atoms with Gasteiger partial charge in [0.2, 0.25) is 5.91 Å². The molecule has 2 rings (SSSR count). The first-order valence-corrected chi connectivity index (χ1v) is 7.61. The Morgan fingerprint density at radius 1 is 1.41 bits per heavy atom. The second-order valence-corrected chi connectivity index (χ2v) is 5.84. The molecule has 0 aromatic carbocycles. The van der Waals surface area contributed by atoms with Crippen LogP contribution in [0.25, 0.3) is 0 Å². The number of anilines is 1. The minimum absolute atomic E-state index is 0.00380. The normalized spacial score (nSPS) is 16.4. The zero-order valence-electron chi connectivity index (χ0n) is 12.9. The van der Waals surface area contributed by atoms with Crippen molar-refractivity contribution in [2.75, 3.05) is 31.5 Å². The van der Waals surface area contributed by atoms with Crippen LogP contribution in [-0.2, 0) is 11.3 Å². The van der Waals surface area contributed by atoms with E-state index in [9.17, 15) is 9.59 Å². The zero-order chi connectivity index (χ0) is 15.9. The van der Waals surface area contributed by atoms with E-state index in [1.807, 2.05) is 0 Å². The molecule has 1 aliphatic heterocycles. The van der Waals surface area contributed by atoms with Crippen LogP contribution in [0.1, 0.15) is 19.8 Å². The number of nitrogens with one attached hydrogen (secondary N) is 2. The van der Waals surface area contributed by atoms with Crippen molar-refractivity contribution >= 4 is 17.6 Å². The second-order valence-electron chi connectivity index (χ2n) is 5.84. The van der Waals surface area contributed by atoms with Gasteiger partial charge in [-0.2, -0.15) is 5.10 Å². The summed E-state index contributed by atoms with van der Waals surface area (Å²) in [5.74, 6) is -0.0729. The fraction of sp³-hybridized carbons (Fsp3) is 0.643. The molecule has 0 radical (unpaired) electrons. The Kier molecular flexibility index (Phi) is 5.76. The van der Waals surface area contributed by atoms with Crippen molar-refractivity contribution in [3.8, 4) is 0 Å². The number of likely N-dealkylation sites (tertiary alicyclic amines) is 1. The largest absolute Gasteiger partial charge is 0.368 e. The van der Waals surface area contributed by atoms with E-state index in [1.54, 1.807) is 6.20 Å². The number of nitrogens with zero attached hydrogens (tertiary/aromatic N) is 3. The molecule has 3 amide bonds. The molecule has 0 unspecified atom stereocenters. The molecule has 1 atom stereocenters. The van der Waals surface area contributed by atoms with Crippen LogP contribution in [0.5, 0.6) is 0 Å². The molecule has 1 aromatic rings. The summed E-state index contributed by atoms with van der Waals surface area (Å²) in [6.45, 7) is 6.08. The first-order chi connectivity index (χ1) is 10.5. The van der Waals surface area contributed by atoms with E-state index in [4.69, 9.17) is 5.73 Å². The van der Waals surface area contributed by atoms with Crippen molar-refractivity contribution in [1.29, 1.82) is 0 Å². The van der Waals surface area contributed by atoms with E-state index in [0.29, 0.717) is 18.2 Å². The van der Waals surface area contributed by atoms with Crippen LogP contribution in [0.3, 0.4) is 0 Å². The smallest absolute Gasteiger partial charge is 0.319 e. The molecule has 4 N–H and O–H groups in total. The summed E-state index contributed by atoms with van der Waals surface area (Å²) in [5.41, 5.74) is 5.61. The predicted molar refractivity (Wildman–Crippen MR) is 83.3 cm³/mol. The van der Waals surface area contributed by atoms with E-state index < -0.39 is 5.91 Å². The summed E-state index contributed by atoms with van der Waals surface area (Å²) < 4.78 is 1.38. The maximum atomic E-state index is 11.8. The van der Waals surface area contributed by atoms with Crippen LogP contribution in [0.4, 0.5) is 10.5 Å². The predicted octanol–water partition coefficient (Wildman–Crippen LogP) is 0.222. The highest BCUT2D eigenvalue weighted by Crippen LogP contribution is 2.10. The van der Waals surface area contributed by atoms with Crippen LogP contribution in [0.2, 0.25) is 0 Å². The minimum Gasteiger partial charge on any atom is -0.368 e. The molecule has 8 nitrogen and oxygen atoms in total. The number of carbonyl (C=O) groups excluding carboxylic acids is 2. The Balaban J connectivity index is 1.68. The quantitative estimate of drug-likeness (QED) is 0.670. The number of primary amides is 1. The average molecular weight is 308 g/mol.